The van der Waals surface area contributed by atoms with Gasteiger partial charge in [-0.2, -0.15) is 0 Å². The zero-order chi connectivity index (χ0) is 13.8. The molecule has 2 nitrogen and oxygen atoms in total. The minimum absolute atomic E-state index is 0.0898. The van der Waals surface area contributed by atoms with Crippen molar-refractivity contribution in [3.63, 3.8) is 0 Å². The van der Waals surface area contributed by atoms with Gasteiger partial charge in [0, 0.05) is 12.8 Å². The molecule has 0 amide bonds. The number of esters is 1. The number of ether oxygens (including phenoxy) is 1. The number of hydrogen-bond donors (Lipinski definition) is 0. The van der Waals surface area contributed by atoms with Crippen LogP contribution in [-0.2, 0) is 9.53 Å². The Morgan fingerprint density at radius 2 is 2.28 bits per heavy atom. The Bertz CT molecular complexity index is 350. The molecular weight excluding hydrogens is 224 g/mol. The van der Waals surface area contributed by atoms with Crippen molar-refractivity contribution in [3.8, 4) is 0 Å². The second kappa shape index (κ2) is 6.21. The molecule has 0 heterocycles. The Balaban J connectivity index is 2.77. The summed E-state index contributed by atoms with van der Waals surface area (Å²) in [5, 5.41) is 0. The van der Waals surface area contributed by atoms with E-state index in [1.807, 2.05) is 6.92 Å². The van der Waals surface area contributed by atoms with Crippen molar-refractivity contribution < 1.29 is 9.53 Å². The quantitative estimate of drug-likeness (QED) is 0.550. The van der Waals surface area contributed by atoms with Crippen LogP contribution in [0.1, 0.15) is 53.9 Å². The molecule has 0 aromatic heterocycles. The van der Waals surface area contributed by atoms with Crippen molar-refractivity contribution in [3.05, 3.63) is 23.8 Å². The number of carbonyl (C=O) groups excluding carboxylic acids is 1. The van der Waals surface area contributed by atoms with Crippen LogP contribution in [0.3, 0.4) is 0 Å². The Hall–Kier alpha value is -1.05. The molecule has 0 unspecified atom stereocenters. The van der Waals surface area contributed by atoms with Crippen LogP contribution in [-0.4, -0.2) is 12.1 Å². The lowest BCUT2D eigenvalue weighted by atomic mass is 9.68. The van der Waals surface area contributed by atoms with Crippen LogP contribution < -0.4 is 0 Å². The van der Waals surface area contributed by atoms with Gasteiger partial charge in [-0.1, -0.05) is 38.5 Å². The first-order valence-corrected chi connectivity index (χ1v) is 6.89. The Labute approximate surface area is 111 Å². The molecule has 0 saturated heterocycles. The van der Waals surface area contributed by atoms with Gasteiger partial charge in [0.15, 0.2) is 0 Å². The van der Waals surface area contributed by atoms with Crippen molar-refractivity contribution in [1.29, 1.82) is 0 Å². The van der Waals surface area contributed by atoms with E-state index < -0.39 is 0 Å². The number of carbonyl (C=O) groups is 1. The summed E-state index contributed by atoms with van der Waals surface area (Å²) < 4.78 is 5.25. The molecule has 18 heavy (non-hydrogen) atoms. The minimum atomic E-state index is -0.207. The van der Waals surface area contributed by atoms with Gasteiger partial charge in [-0.15, -0.1) is 0 Å². The lowest BCUT2D eigenvalue weighted by molar-refractivity contribution is -0.144. The molecule has 1 aliphatic rings. The lowest BCUT2D eigenvalue weighted by Crippen LogP contribution is -2.26. The van der Waals surface area contributed by atoms with Gasteiger partial charge in [0.2, 0.25) is 0 Å². The highest BCUT2D eigenvalue weighted by Gasteiger charge is 2.30. The Morgan fingerprint density at radius 1 is 1.61 bits per heavy atom. The second-order valence-electron chi connectivity index (χ2n) is 5.89. The summed E-state index contributed by atoms with van der Waals surface area (Å²) in [4.78, 5) is 11.0. The molecule has 0 fully saturated rings. The standard InChI is InChI=1S/C16H26O2/c1-6-14(18-13(3)17)9-10-15-12(2)8-7-11-16(15,4)5/h8-10,14-15H,6-7,11H2,1-5H3/b10-9+/t14-,15+/m0/s1. The largest absolute Gasteiger partial charge is 0.458 e. The molecule has 0 saturated carbocycles. The minimum Gasteiger partial charge on any atom is -0.458 e. The molecule has 0 spiro atoms. The van der Waals surface area contributed by atoms with E-state index in [0.717, 1.165) is 6.42 Å². The summed E-state index contributed by atoms with van der Waals surface area (Å²) in [5.41, 5.74) is 1.73. The van der Waals surface area contributed by atoms with Crippen molar-refractivity contribution in [1.82, 2.24) is 0 Å². The highest BCUT2D eigenvalue weighted by molar-refractivity contribution is 5.66. The monoisotopic (exact) mass is 250 g/mol. The van der Waals surface area contributed by atoms with E-state index in [4.69, 9.17) is 4.74 Å². The summed E-state index contributed by atoms with van der Waals surface area (Å²) in [6.07, 6.45) is 9.72. The summed E-state index contributed by atoms with van der Waals surface area (Å²) in [6.45, 7) is 10.3. The first-order chi connectivity index (χ1) is 8.36. The van der Waals surface area contributed by atoms with Gasteiger partial charge in [-0.25, -0.2) is 0 Å². The summed E-state index contributed by atoms with van der Waals surface area (Å²) in [5.74, 6) is 0.248. The van der Waals surface area contributed by atoms with E-state index in [1.54, 1.807) is 0 Å². The van der Waals surface area contributed by atoms with Crippen LogP contribution in [0.2, 0.25) is 0 Å². The van der Waals surface area contributed by atoms with Gasteiger partial charge in [0.05, 0.1) is 0 Å². The molecule has 0 aromatic carbocycles. The maximum atomic E-state index is 11.0. The van der Waals surface area contributed by atoms with Gasteiger partial charge in [0.1, 0.15) is 6.10 Å². The number of rotatable bonds is 4. The molecule has 2 atom stereocenters. The van der Waals surface area contributed by atoms with Crippen molar-refractivity contribution >= 4 is 5.97 Å². The van der Waals surface area contributed by atoms with Gasteiger partial charge < -0.3 is 4.74 Å². The van der Waals surface area contributed by atoms with Crippen LogP contribution >= 0.6 is 0 Å². The highest BCUT2D eigenvalue weighted by atomic mass is 16.5. The van der Waals surface area contributed by atoms with Gasteiger partial charge in [-0.3, -0.25) is 4.79 Å². The summed E-state index contributed by atoms with van der Waals surface area (Å²) in [7, 11) is 0. The van der Waals surface area contributed by atoms with Crippen LogP contribution in [0.5, 0.6) is 0 Å². The van der Waals surface area contributed by atoms with Crippen molar-refractivity contribution in [2.24, 2.45) is 11.3 Å². The summed E-state index contributed by atoms with van der Waals surface area (Å²) in [6, 6.07) is 0. The smallest absolute Gasteiger partial charge is 0.303 e. The van der Waals surface area contributed by atoms with E-state index in [-0.39, 0.29) is 12.1 Å². The number of allylic oxidation sites excluding steroid dienone is 3. The third kappa shape index (κ3) is 4.01. The highest BCUT2D eigenvalue weighted by Crippen LogP contribution is 2.41. The first-order valence-electron chi connectivity index (χ1n) is 6.89. The maximum Gasteiger partial charge on any atom is 0.303 e. The van der Waals surface area contributed by atoms with Crippen LogP contribution in [0.25, 0.3) is 0 Å². The summed E-state index contributed by atoms with van der Waals surface area (Å²) >= 11 is 0. The molecule has 0 bridgehead atoms. The SMILES string of the molecule is CC[C@@H](/C=C/[C@@H]1C(C)=CCCC1(C)C)OC(C)=O. The predicted molar refractivity (Wildman–Crippen MR) is 75.2 cm³/mol. The van der Waals surface area contributed by atoms with Gasteiger partial charge in [-0.05, 0) is 37.7 Å². The van der Waals surface area contributed by atoms with E-state index in [9.17, 15) is 4.79 Å². The first kappa shape index (κ1) is 15.0. The molecule has 0 aliphatic heterocycles. The molecule has 0 aromatic rings. The predicted octanol–water partition coefficient (Wildman–Crippen LogP) is 4.27. The molecule has 0 N–H and O–H groups in total. The topological polar surface area (TPSA) is 26.3 Å². The molecule has 2 heteroatoms. The van der Waals surface area contributed by atoms with E-state index in [1.165, 1.54) is 25.3 Å². The fraction of sp³-hybridized carbons (Fsp3) is 0.688. The third-order valence-electron chi connectivity index (χ3n) is 3.83. The van der Waals surface area contributed by atoms with E-state index in [2.05, 4.69) is 39.0 Å². The number of hydrogen-bond acceptors (Lipinski definition) is 2. The lowest BCUT2D eigenvalue weighted by Gasteiger charge is -2.36. The zero-order valence-corrected chi connectivity index (χ0v) is 12.3. The average Bonchev–Trinajstić information content (AvgIpc) is 2.25. The molecule has 0 radical (unpaired) electrons. The average molecular weight is 250 g/mol. The fourth-order valence-corrected chi connectivity index (χ4v) is 2.69. The molecule has 102 valence electrons. The molecular formula is C16H26O2. The molecule has 1 aliphatic carbocycles. The normalized spacial score (nSPS) is 24.7. The van der Waals surface area contributed by atoms with Gasteiger partial charge >= 0.3 is 5.97 Å². The van der Waals surface area contributed by atoms with Gasteiger partial charge in [0.25, 0.3) is 0 Å². The van der Waals surface area contributed by atoms with Crippen LogP contribution in [0.15, 0.2) is 23.8 Å². The fourth-order valence-electron chi connectivity index (χ4n) is 2.69. The maximum absolute atomic E-state index is 11.0. The van der Waals surface area contributed by atoms with Crippen LogP contribution in [0.4, 0.5) is 0 Å². The zero-order valence-electron chi connectivity index (χ0n) is 12.3. The Kier molecular flexibility index (Phi) is 5.18. The molecule has 1 rings (SSSR count). The Morgan fingerprint density at radius 3 is 2.78 bits per heavy atom. The van der Waals surface area contributed by atoms with E-state index in [0.29, 0.717) is 11.3 Å². The van der Waals surface area contributed by atoms with E-state index >= 15 is 0 Å². The van der Waals surface area contributed by atoms with Crippen molar-refractivity contribution in [2.45, 2.75) is 60.0 Å². The van der Waals surface area contributed by atoms with Crippen molar-refractivity contribution in [2.75, 3.05) is 0 Å². The third-order valence-corrected chi connectivity index (χ3v) is 3.83. The van der Waals surface area contributed by atoms with Crippen LogP contribution in [0, 0.1) is 11.3 Å². The second-order valence-corrected chi connectivity index (χ2v) is 5.89.